The van der Waals surface area contributed by atoms with Crippen molar-refractivity contribution in [2.24, 2.45) is 5.41 Å². The lowest BCUT2D eigenvalue weighted by Crippen LogP contribution is -2.37. The number of nitrogens with zero attached hydrogens (tertiary/aromatic N) is 5. The number of para-hydroxylation sites is 1. The highest BCUT2D eigenvalue weighted by atomic mass is 32.3. The monoisotopic (exact) mass is 698 g/mol. The first kappa shape index (κ1) is 35.3. The van der Waals surface area contributed by atoms with Crippen LogP contribution in [0.2, 0.25) is 0 Å². The second-order valence-corrected chi connectivity index (χ2v) is 15.4. The summed E-state index contributed by atoms with van der Waals surface area (Å²) in [5.74, 6) is 0.458. The van der Waals surface area contributed by atoms with Crippen LogP contribution in [-0.4, -0.2) is 59.1 Å². The number of rotatable bonds is 10. The molecule has 2 aromatic heterocycles. The third kappa shape index (κ3) is 6.44. The molecule has 0 radical (unpaired) electrons. The Hall–Kier alpha value is -4.49. The van der Waals surface area contributed by atoms with Crippen molar-refractivity contribution in [2.75, 3.05) is 19.0 Å². The van der Waals surface area contributed by atoms with Gasteiger partial charge in [-0.05, 0) is 85.3 Å². The highest BCUT2D eigenvalue weighted by Crippen LogP contribution is 2.57. The number of anilines is 1. The third-order valence-electron chi connectivity index (χ3n) is 9.81. The van der Waals surface area contributed by atoms with E-state index in [4.69, 9.17) is 9.47 Å². The zero-order chi connectivity index (χ0) is 35.8. The molecule has 0 unspecified atom stereocenters. The lowest BCUT2D eigenvalue weighted by atomic mass is 9.69. The van der Waals surface area contributed by atoms with Gasteiger partial charge in [-0.15, -0.1) is 15.9 Å². The Morgan fingerprint density at radius 1 is 1.12 bits per heavy atom. The van der Waals surface area contributed by atoms with Crippen LogP contribution in [0.1, 0.15) is 67.9 Å². The maximum absolute atomic E-state index is 14.3. The average Bonchev–Trinajstić information content (AvgIpc) is 3.51. The van der Waals surface area contributed by atoms with Gasteiger partial charge in [0, 0.05) is 25.2 Å². The molecule has 1 aliphatic rings. The summed E-state index contributed by atoms with van der Waals surface area (Å²) in [6.45, 7) is 13.2. The Morgan fingerprint density at radius 2 is 1.90 bits per heavy atom. The quantitative estimate of drug-likeness (QED) is 0.133. The largest absolute Gasteiger partial charge is 0.494 e. The maximum Gasteiger partial charge on any atom is 0.231 e. The van der Waals surface area contributed by atoms with Crippen molar-refractivity contribution in [1.82, 2.24) is 24.3 Å². The van der Waals surface area contributed by atoms with E-state index in [9.17, 15) is 13.9 Å². The van der Waals surface area contributed by atoms with E-state index < -0.39 is 22.1 Å². The number of aryl methyl sites for hydroxylation is 3. The normalized spacial score (nSPS) is 17.3. The van der Waals surface area contributed by atoms with E-state index in [1.54, 1.807) is 48.1 Å². The Morgan fingerprint density at radius 3 is 2.60 bits per heavy atom. The molecule has 0 saturated carbocycles. The van der Waals surface area contributed by atoms with E-state index in [0.717, 1.165) is 33.3 Å². The summed E-state index contributed by atoms with van der Waals surface area (Å²) in [5, 5.41) is 12.0. The van der Waals surface area contributed by atoms with Crippen LogP contribution >= 0.6 is 10.8 Å². The minimum Gasteiger partial charge on any atom is -0.494 e. The molecule has 3 aromatic carbocycles. The van der Waals surface area contributed by atoms with E-state index in [1.165, 1.54) is 0 Å². The van der Waals surface area contributed by atoms with Gasteiger partial charge in [-0.1, -0.05) is 56.3 Å². The predicted octanol–water partition coefficient (Wildman–Crippen LogP) is 7.97. The predicted molar refractivity (Wildman–Crippen MR) is 197 cm³/mol. The summed E-state index contributed by atoms with van der Waals surface area (Å²) in [7, 11) is -1.74. The second-order valence-electron chi connectivity index (χ2n) is 13.4. The number of carbonyl (C=O) groups excluding carboxylic acids is 1. The second kappa shape index (κ2) is 14.0. The summed E-state index contributed by atoms with van der Waals surface area (Å²) < 4.78 is 39.2. The number of carbonyl (C=O) groups is 1. The van der Waals surface area contributed by atoms with Gasteiger partial charge in [0.2, 0.25) is 5.91 Å². The molecule has 0 spiro atoms. The first-order chi connectivity index (χ1) is 23.9. The van der Waals surface area contributed by atoms with Gasteiger partial charge in [-0.2, -0.15) is 4.31 Å². The van der Waals surface area contributed by atoms with Crippen LogP contribution in [0.25, 0.3) is 11.0 Å². The Labute approximate surface area is 295 Å². The number of hydrogen-bond acceptors (Lipinski definition) is 9. The van der Waals surface area contributed by atoms with Crippen molar-refractivity contribution >= 4 is 33.4 Å². The number of aromatic nitrogens is 4. The molecule has 0 fully saturated rings. The number of benzene rings is 3. The number of methoxy groups -OCH3 is 1. The van der Waals surface area contributed by atoms with Crippen molar-refractivity contribution in [2.45, 2.75) is 78.0 Å². The fourth-order valence-electron chi connectivity index (χ4n) is 6.84. The molecule has 0 aliphatic carbocycles. The Bertz CT molecular complexity index is 2010. The molecule has 2 atom stereocenters. The summed E-state index contributed by atoms with van der Waals surface area (Å²) >= 11 is 0. The molecule has 5 aromatic rings. The van der Waals surface area contributed by atoms with Gasteiger partial charge < -0.3 is 14.8 Å². The van der Waals surface area contributed by atoms with Crippen LogP contribution in [0.5, 0.6) is 11.5 Å². The van der Waals surface area contributed by atoms with Crippen molar-refractivity contribution in [3.63, 3.8) is 0 Å². The SMILES string of the molecule is CC[C@@H]1CN(Cc2cc([C@@H](c3cc(OC)c4c(nnn4CC)c3C)C(C)(C)C(=O)Nc3cccnc3)ccc2C)S(O)(O)c2ccccc2O1. The molecule has 264 valence electrons. The molecule has 11 nitrogen and oxygen atoms in total. The molecule has 6 rings (SSSR count). The van der Waals surface area contributed by atoms with Gasteiger partial charge in [0.1, 0.15) is 33.5 Å². The van der Waals surface area contributed by atoms with Crippen molar-refractivity contribution in [3.05, 3.63) is 101 Å². The third-order valence-corrected chi connectivity index (χ3v) is 11.7. The fourth-order valence-corrected chi connectivity index (χ4v) is 8.46. The Balaban J connectivity index is 1.49. The highest BCUT2D eigenvalue weighted by molar-refractivity contribution is 8.22. The van der Waals surface area contributed by atoms with E-state index in [-0.39, 0.29) is 18.6 Å². The zero-order valence-electron chi connectivity index (χ0n) is 29.7. The summed E-state index contributed by atoms with van der Waals surface area (Å²) in [6.07, 6.45) is 3.77. The topological polar surface area (TPSA) is 135 Å². The molecular weight excluding hydrogens is 653 g/mol. The van der Waals surface area contributed by atoms with Crippen molar-refractivity contribution < 1.29 is 23.4 Å². The molecule has 3 heterocycles. The van der Waals surface area contributed by atoms with Gasteiger partial charge in [-0.25, -0.2) is 4.68 Å². The van der Waals surface area contributed by atoms with Crippen LogP contribution in [-0.2, 0) is 17.9 Å². The first-order valence-corrected chi connectivity index (χ1v) is 18.4. The van der Waals surface area contributed by atoms with E-state index in [0.29, 0.717) is 47.1 Å². The fraction of sp³-hybridized carbons (Fsp3) is 0.368. The smallest absolute Gasteiger partial charge is 0.231 e. The molecular formula is C38H46N6O5S. The number of nitrogens with one attached hydrogen (secondary N) is 1. The maximum atomic E-state index is 14.3. The van der Waals surface area contributed by atoms with Crippen LogP contribution in [0.15, 0.2) is 78.0 Å². The van der Waals surface area contributed by atoms with Crippen LogP contribution in [0, 0.1) is 19.3 Å². The van der Waals surface area contributed by atoms with Crippen molar-refractivity contribution in [3.8, 4) is 11.5 Å². The molecule has 1 aliphatic heterocycles. The number of ether oxygens (including phenoxy) is 2. The van der Waals surface area contributed by atoms with E-state index >= 15 is 0 Å². The minimum absolute atomic E-state index is 0.186. The van der Waals surface area contributed by atoms with Gasteiger partial charge in [0.15, 0.2) is 0 Å². The van der Waals surface area contributed by atoms with Crippen molar-refractivity contribution in [1.29, 1.82) is 0 Å². The summed E-state index contributed by atoms with van der Waals surface area (Å²) in [6, 6.07) is 18.9. The molecule has 50 heavy (non-hydrogen) atoms. The summed E-state index contributed by atoms with van der Waals surface area (Å²) in [5.41, 5.74) is 5.68. The van der Waals surface area contributed by atoms with Crippen LogP contribution in [0.4, 0.5) is 5.69 Å². The molecule has 3 N–H and O–H groups in total. The molecule has 12 heteroatoms. The lowest BCUT2D eigenvalue weighted by Gasteiger charge is -2.42. The van der Waals surface area contributed by atoms with Crippen LogP contribution < -0.4 is 14.8 Å². The average molecular weight is 699 g/mol. The number of pyridine rings is 1. The number of amides is 1. The van der Waals surface area contributed by atoms with Gasteiger partial charge >= 0.3 is 0 Å². The molecule has 0 bridgehead atoms. The van der Waals surface area contributed by atoms with E-state index in [1.807, 2.05) is 70.5 Å². The standard InChI is InChI=1S/C38H46N6O5S/c1-8-29-23-43(50(46,47)33-15-11-10-14-31(33)49-29)22-27-19-26(17-16-24(27)3)34(38(5,6)37(45)40-28-13-12-18-39-21-28)30-20-32(48-7)36-35(25(30)4)41-42-44(36)9-2/h10-21,29,34,46-47H,8-9,22-23H2,1-7H3,(H,40,45)/t29-,34+/m1/s1. The highest BCUT2D eigenvalue weighted by Gasteiger charge is 2.41. The molecule has 1 amide bonds. The number of fused-ring (bicyclic) bond motifs is 2. The zero-order valence-corrected chi connectivity index (χ0v) is 30.5. The lowest BCUT2D eigenvalue weighted by molar-refractivity contribution is -0.124. The summed E-state index contributed by atoms with van der Waals surface area (Å²) in [4.78, 5) is 18.9. The minimum atomic E-state index is -3.38. The van der Waals surface area contributed by atoms with Gasteiger partial charge in [-0.3, -0.25) is 18.9 Å². The Kier molecular flexibility index (Phi) is 9.91. The van der Waals surface area contributed by atoms with Gasteiger partial charge in [0.05, 0.1) is 31.0 Å². The first-order valence-electron chi connectivity index (χ1n) is 16.9. The van der Waals surface area contributed by atoms with E-state index in [2.05, 4.69) is 32.7 Å². The number of hydrogen-bond donors (Lipinski definition) is 3. The molecule has 0 saturated heterocycles. The van der Waals surface area contributed by atoms with Gasteiger partial charge in [0.25, 0.3) is 0 Å². The van der Waals surface area contributed by atoms with Crippen LogP contribution in [0.3, 0.4) is 0 Å².